The van der Waals surface area contributed by atoms with Crippen LogP contribution in [0.3, 0.4) is 0 Å². The first-order valence-electron chi connectivity index (χ1n) is 8.07. The molecule has 0 aromatic carbocycles. The van der Waals surface area contributed by atoms with Gasteiger partial charge in [-0.1, -0.05) is 12.2 Å². The summed E-state index contributed by atoms with van der Waals surface area (Å²) in [6, 6.07) is 0. The summed E-state index contributed by atoms with van der Waals surface area (Å²) in [5.41, 5.74) is 5.56. The van der Waals surface area contributed by atoms with Crippen molar-refractivity contribution in [2.75, 3.05) is 12.8 Å². The molecule has 7 nitrogen and oxygen atoms in total. The number of nitrogens with zero attached hydrogens (tertiary/aromatic N) is 2. The van der Waals surface area contributed by atoms with Crippen molar-refractivity contribution in [2.45, 2.75) is 57.6 Å². The summed E-state index contributed by atoms with van der Waals surface area (Å²) in [4.78, 5) is 20.0. The molecule has 1 aromatic rings. The minimum atomic E-state index is -0.500. The molecular weight excluding hydrogens is 308 g/mol. The highest BCUT2D eigenvalue weighted by atomic mass is 16.6. The summed E-state index contributed by atoms with van der Waals surface area (Å²) in [7, 11) is 1.54. The third-order valence-electron chi connectivity index (χ3n) is 3.88. The average molecular weight is 334 g/mol. The van der Waals surface area contributed by atoms with E-state index in [1.54, 1.807) is 6.20 Å². The number of nitrogen functional groups attached to an aromatic ring is 1. The molecule has 7 heteroatoms. The third kappa shape index (κ3) is 4.84. The lowest BCUT2D eigenvalue weighted by Crippen LogP contribution is -2.54. The van der Waals surface area contributed by atoms with Gasteiger partial charge in [0, 0.05) is 11.7 Å². The van der Waals surface area contributed by atoms with Gasteiger partial charge in [-0.3, -0.25) is 0 Å². The van der Waals surface area contributed by atoms with E-state index >= 15 is 0 Å². The van der Waals surface area contributed by atoms with Crippen molar-refractivity contribution >= 4 is 18.1 Å². The van der Waals surface area contributed by atoms with Gasteiger partial charge < -0.3 is 20.5 Å². The van der Waals surface area contributed by atoms with Crippen LogP contribution in [0.4, 0.5) is 10.7 Å². The second kappa shape index (κ2) is 7.07. The van der Waals surface area contributed by atoms with Crippen molar-refractivity contribution in [1.82, 2.24) is 15.3 Å². The van der Waals surface area contributed by atoms with Crippen LogP contribution in [0, 0.1) is 0 Å². The van der Waals surface area contributed by atoms with E-state index in [1.807, 2.05) is 32.9 Å². The fourth-order valence-corrected chi connectivity index (χ4v) is 2.58. The number of nitrogens with two attached hydrogens (primary N) is 1. The number of anilines is 1. The van der Waals surface area contributed by atoms with Gasteiger partial charge in [0.15, 0.2) is 0 Å². The van der Waals surface area contributed by atoms with E-state index in [9.17, 15) is 4.79 Å². The van der Waals surface area contributed by atoms with E-state index in [0.29, 0.717) is 12.3 Å². The molecule has 0 saturated heterocycles. The molecule has 1 aliphatic rings. The van der Waals surface area contributed by atoms with Crippen molar-refractivity contribution in [3.8, 4) is 5.88 Å². The molecule has 0 spiro atoms. The zero-order chi connectivity index (χ0) is 17.8. The molecule has 1 aliphatic carbocycles. The van der Waals surface area contributed by atoms with E-state index in [-0.39, 0.29) is 17.6 Å². The molecule has 0 atom stereocenters. The first-order valence-corrected chi connectivity index (χ1v) is 8.07. The summed E-state index contributed by atoms with van der Waals surface area (Å²) in [6.07, 6.45) is 8.80. The van der Waals surface area contributed by atoms with Crippen LogP contribution in [0.25, 0.3) is 6.08 Å². The van der Waals surface area contributed by atoms with Crippen molar-refractivity contribution in [3.05, 3.63) is 17.8 Å². The fraction of sp³-hybridized carbons (Fsp3) is 0.588. The van der Waals surface area contributed by atoms with Crippen LogP contribution in [-0.2, 0) is 4.74 Å². The molecule has 1 saturated carbocycles. The Morgan fingerprint density at radius 3 is 2.71 bits per heavy atom. The second-order valence-corrected chi connectivity index (χ2v) is 7.06. The number of rotatable bonds is 5. The number of methoxy groups -OCH3 is 1. The van der Waals surface area contributed by atoms with Gasteiger partial charge in [0.05, 0.1) is 12.7 Å². The van der Waals surface area contributed by atoms with Crippen LogP contribution < -0.4 is 15.8 Å². The Bertz CT molecular complexity index is 619. The lowest BCUT2D eigenvalue weighted by atomic mass is 9.74. The van der Waals surface area contributed by atoms with E-state index < -0.39 is 5.60 Å². The Kier molecular flexibility index (Phi) is 5.31. The van der Waals surface area contributed by atoms with Crippen molar-refractivity contribution in [2.24, 2.45) is 0 Å². The predicted molar refractivity (Wildman–Crippen MR) is 92.6 cm³/mol. The second-order valence-electron chi connectivity index (χ2n) is 7.06. The SMILES string of the molecule is COc1nc(N)ncc1/C=C/CC1(NC(=O)OC(C)(C)C)CCC1. The number of carbonyl (C=O) groups excluding carboxylic acids is 1. The molecule has 1 fully saturated rings. The minimum Gasteiger partial charge on any atom is -0.480 e. The third-order valence-corrected chi connectivity index (χ3v) is 3.88. The predicted octanol–water partition coefficient (Wildman–Crippen LogP) is 2.92. The molecule has 1 aromatic heterocycles. The molecular formula is C17H26N4O3. The van der Waals surface area contributed by atoms with E-state index in [4.69, 9.17) is 15.2 Å². The summed E-state index contributed by atoms with van der Waals surface area (Å²) in [5.74, 6) is 0.604. The average Bonchev–Trinajstić information content (AvgIpc) is 2.43. The van der Waals surface area contributed by atoms with E-state index in [2.05, 4.69) is 15.3 Å². The molecule has 2 rings (SSSR count). The molecule has 1 amide bonds. The number of hydrogen-bond acceptors (Lipinski definition) is 6. The lowest BCUT2D eigenvalue weighted by Gasteiger charge is -2.42. The van der Waals surface area contributed by atoms with Gasteiger partial charge in [-0.25, -0.2) is 9.78 Å². The smallest absolute Gasteiger partial charge is 0.408 e. The highest BCUT2D eigenvalue weighted by molar-refractivity contribution is 5.69. The Morgan fingerprint density at radius 1 is 1.46 bits per heavy atom. The molecule has 0 bridgehead atoms. The quantitative estimate of drug-likeness (QED) is 0.859. The first kappa shape index (κ1) is 18.0. The van der Waals surface area contributed by atoms with Gasteiger partial charge in [-0.2, -0.15) is 4.98 Å². The largest absolute Gasteiger partial charge is 0.480 e. The number of nitrogens with one attached hydrogen (secondary N) is 1. The zero-order valence-electron chi connectivity index (χ0n) is 14.8. The summed E-state index contributed by atoms with van der Waals surface area (Å²) < 4.78 is 10.6. The minimum absolute atomic E-state index is 0.172. The standard InChI is InChI=1S/C17H26N4O3/c1-16(2,3)24-15(22)21-17(9-6-10-17)8-5-7-12-11-19-14(18)20-13(12)23-4/h5,7,11H,6,8-10H2,1-4H3,(H,21,22)(H2,18,19,20)/b7-5+. The van der Waals surface area contributed by atoms with Crippen molar-refractivity contribution in [1.29, 1.82) is 0 Å². The maximum Gasteiger partial charge on any atom is 0.408 e. The highest BCUT2D eigenvalue weighted by Gasteiger charge is 2.38. The van der Waals surface area contributed by atoms with Crippen LogP contribution in [0.15, 0.2) is 12.3 Å². The summed E-state index contributed by atoms with van der Waals surface area (Å²) in [6.45, 7) is 5.56. The summed E-state index contributed by atoms with van der Waals surface area (Å²) in [5, 5.41) is 3.02. The monoisotopic (exact) mass is 334 g/mol. The number of carbonyl (C=O) groups is 1. The molecule has 0 aliphatic heterocycles. The topological polar surface area (TPSA) is 99.4 Å². The van der Waals surface area contributed by atoms with Crippen LogP contribution in [-0.4, -0.2) is 34.3 Å². The van der Waals surface area contributed by atoms with Crippen LogP contribution >= 0.6 is 0 Å². The zero-order valence-corrected chi connectivity index (χ0v) is 14.8. The van der Waals surface area contributed by atoms with Gasteiger partial charge >= 0.3 is 6.09 Å². The number of amides is 1. The maximum absolute atomic E-state index is 12.0. The van der Waals surface area contributed by atoms with Crippen molar-refractivity contribution < 1.29 is 14.3 Å². The van der Waals surface area contributed by atoms with E-state index in [0.717, 1.165) is 24.8 Å². The number of ether oxygens (including phenoxy) is 2. The van der Waals surface area contributed by atoms with Crippen molar-refractivity contribution in [3.63, 3.8) is 0 Å². The first-order chi connectivity index (χ1) is 11.2. The van der Waals surface area contributed by atoms with Gasteiger partial charge in [0.2, 0.25) is 11.8 Å². The number of alkyl carbamates (subject to hydrolysis) is 1. The Morgan fingerprint density at radius 2 is 2.17 bits per heavy atom. The summed E-state index contributed by atoms with van der Waals surface area (Å²) >= 11 is 0. The Balaban J connectivity index is 1.99. The van der Waals surface area contributed by atoms with E-state index in [1.165, 1.54) is 7.11 Å². The van der Waals surface area contributed by atoms with Crippen LogP contribution in [0.1, 0.15) is 52.0 Å². The number of aromatic nitrogens is 2. The lowest BCUT2D eigenvalue weighted by molar-refractivity contribution is 0.0386. The van der Waals surface area contributed by atoms with Gasteiger partial charge in [-0.15, -0.1) is 0 Å². The molecule has 0 unspecified atom stereocenters. The van der Waals surface area contributed by atoms with Crippen LogP contribution in [0.2, 0.25) is 0 Å². The Labute approximate surface area is 142 Å². The van der Waals surface area contributed by atoms with Gasteiger partial charge in [0.25, 0.3) is 0 Å². The highest BCUT2D eigenvalue weighted by Crippen LogP contribution is 2.36. The molecule has 132 valence electrons. The molecule has 1 heterocycles. The molecule has 3 N–H and O–H groups in total. The molecule has 0 radical (unpaired) electrons. The van der Waals surface area contributed by atoms with Gasteiger partial charge in [0.1, 0.15) is 5.60 Å². The van der Waals surface area contributed by atoms with Crippen LogP contribution in [0.5, 0.6) is 5.88 Å². The number of hydrogen-bond donors (Lipinski definition) is 2. The molecule has 24 heavy (non-hydrogen) atoms. The maximum atomic E-state index is 12.0. The normalized spacial score (nSPS) is 16.5. The fourth-order valence-electron chi connectivity index (χ4n) is 2.58. The van der Waals surface area contributed by atoms with Gasteiger partial charge in [-0.05, 0) is 46.5 Å². The Hall–Kier alpha value is -2.31.